The fraction of sp³-hybridized carbons (Fsp3) is 0.417. The number of carboxylic acid groups (broad SMARTS) is 1. The van der Waals surface area contributed by atoms with Gasteiger partial charge in [0.2, 0.25) is 0 Å². The number of aromatic hydroxyl groups is 1. The van der Waals surface area contributed by atoms with Gasteiger partial charge in [0.05, 0.1) is 5.92 Å². The van der Waals surface area contributed by atoms with Crippen LogP contribution < -0.4 is 0 Å². The van der Waals surface area contributed by atoms with Gasteiger partial charge in [-0.05, 0) is 37.0 Å². The Labute approximate surface area is 93.5 Å². The van der Waals surface area contributed by atoms with Crippen molar-refractivity contribution in [2.45, 2.75) is 27.2 Å². The van der Waals surface area contributed by atoms with Crippen LogP contribution in [0.4, 0.5) is 4.39 Å². The van der Waals surface area contributed by atoms with Crippen LogP contribution in [0.3, 0.4) is 0 Å². The molecular formula is C12H15FO3. The average Bonchev–Trinajstić information content (AvgIpc) is 2.22. The minimum atomic E-state index is -0.902. The maximum atomic E-state index is 13.3. The van der Waals surface area contributed by atoms with E-state index in [-0.39, 0.29) is 12.2 Å². The van der Waals surface area contributed by atoms with Crippen molar-refractivity contribution in [3.05, 3.63) is 28.6 Å². The van der Waals surface area contributed by atoms with Crippen molar-refractivity contribution < 1.29 is 19.4 Å². The Kier molecular flexibility index (Phi) is 3.52. The highest BCUT2D eigenvalue weighted by atomic mass is 19.1. The van der Waals surface area contributed by atoms with E-state index in [1.807, 2.05) is 0 Å². The van der Waals surface area contributed by atoms with Gasteiger partial charge in [-0.2, -0.15) is 0 Å². The monoisotopic (exact) mass is 226 g/mol. The van der Waals surface area contributed by atoms with Crippen molar-refractivity contribution in [1.82, 2.24) is 0 Å². The van der Waals surface area contributed by atoms with Crippen LogP contribution in [-0.2, 0) is 11.2 Å². The lowest BCUT2D eigenvalue weighted by Gasteiger charge is -2.12. The highest BCUT2D eigenvalue weighted by molar-refractivity contribution is 5.70. The largest absolute Gasteiger partial charge is 0.505 e. The summed E-state index contributed by atoms with van der Waals surface area (Å²) in [6.45, 7) is 4.71. The first-order valence-electron chi connectivity index (χ1n) is 5.05. The molecule has 1 aromatic rings. The number of carboxylic acids is 1. The minimum Gasteiger partial charge on any atom is -0.505 e. The fourth-order valence-electron chi connectivity index (χ4n) is 1.57. The molecule has 0 fully saturated rings. The van der Waals surface area contributed by atoms with Gasteiger partial charge in [0, 0.05) is 0 Å². The van der Waals surface area contributed by atoms with Gasteiger partial charge in [-0.3, -0.25) is 4.79 Å². The van der Waals surface area contributed by atoms with E-state index < -0.39 is 17.7 Å². The predicted octanol–water partition coefficient (Wildman–Crippen LogP) is 2.41. The molecule has 4 heteroatoms. The first-order valence-corrected chi connectivity index (χ1v) is 5.05. The molecule has 0 bridgehead atoms. The predicted molar refractivity (Wildman–Crippen MR) is 58.0 cm³/mol. The average molecular weight is 226 g/mol. The third-order valence-corrected chi connectivity index (χ3v) is 2.73. The van der Waals surface area contributed by atoms with Crippen molar-refractivity contribution in [1.29, 1.82) is 0 Å². The molecule has 0 aromatic heterocycles. The summed E-state index contributed by atoms with van der Waals surface area (Å²) in [5, 5.41) is 18.3. The van der Waals surface area contributed by atoms with Crippen LogP contribution in [0.2, 0.25) is 0 Å². The lowest BCUT2D eigenvalue weighted by atomic mass is 9.95. The summed E-state index contributed by atoms with van der Waals surface area (Å²) in [6, 6.07) is 1.59. The Bertz CT molecular complexity index is 427. The second-order valence-electron chi connectivity index (χ2n) is 4.08. The van der Waals surface area contributed by atoms with Gasteiger partial charge in [0.15, 0.2) is 11.6 Å². The highest BCUT2D eigenvalue weighted by Crippen LogP contribution is 2.28. The maximum Gasteiger partial charge on any atom is 0.306 e. The Morgan fingerprint density at radius 1 is 1.50 bits per heavy atom. The number of hydrogen-bond donors (Lipinski definition) is 2. The molecule has 0 saturated heterocycles. The molecule has 0 amide bonds. The first kappa shape index (κ1) is 12.5. The molecule has 2 N–H and O–H groups in total. The molecule has 0 heterocycles. The quantitative estimate of drug-likeness (QED) is 0.832. The van der Waals surface area contributed by atoms with Gasteiger partial charge in [-0.1, -0.05) is 13.0 Å². The summed E-state index contributed by atoms with van der Waals surface area (Å²) in [5.41, 5.74) is 1.41. The fourth-order valence-corrected chi connectivity index (χ4v) is 1.57. The summed E-state index contributed by atoms with van der Waals surface area (Å²) in [7, 11) is 0. The number of phenolic OH excluding ortho intramolecular Hbond substituents is 1. The number of benzene rings is 1. The molecule has 0 spiro atoms. The van der Waals surface area contributed by atoms with Crippen molar-refractivity contribution in [2.24, 2.45) is 5.92 Å². The number of halogens is 1. The van der Waals surface area contributed by atoms with Crippen LogP contribution in [0.5, 0.6) is 5.75 Å². The lowest BCUT2D eigenvalue weighted by Crippen LogP contribution is -2.13. The van der Waals surface area contributed by atoms with Crippen molar-refractivity contribution in [2.75, 3.05) is 0 Å². The molecule has 0 aliphatic rings. The molecule has 0 aliphatic heterocycles. The number of aliphatic carboxylic acids is 1. The maximum absolute atomic E-state index is 13.3. The molecule has 0 saturated carbocycles. The Hall–Kier alpha value is -1.58. The molecule has 88 valence electrons. The zero-order valence-corrected chi connectivity index (χ0v) is 9.54. The minimum absolute atomic E-state index is 0.288. The van der Waals surface area contributed by atoms with Crippen LogP contribution in [0.25, 0.3) is 0 Å². The van der Waals surface area contributed by atoms with Crippen molar-refractivity contribution >= 4 is 5.97 Å². The standard InChI is InChI=1S/C12H15FO3/c1-6-4-9(5-7(2)12(15)16)8(3)11(14)10(6)13/h4,7,14H,5H2,1-3H3,(H,15,16). The molecular weight excluding hydrogens is 211 g/mol. The van der Waals surface area contributed by atoms with E-state index in [1.165, 1.54) is 0 Å². The van der Waals surface area contributed by atoms with Gasteiger partial charge in [0.25, 0.3) is 0 Å². The summed E-state index contributed by atoms with van der Waals surface area (Å²) in [5.74, 6) is -2.47. The van der Waals surface area contributed by atoms with Crippen LogP contribution in [0.15, 0.2) is 6.07 Å². The van der Waals surface area contributed by atoms with E-state index in [2.05, 4.69) is 0 Å². The summed E-state index contributed by atoms with van der Waals surface area (Å²) >= 11 is 0. The summed E-state index contributed by atoms with van der Waals surface area (Å²) < 4.78 is 13.3. The topological polar surface area (TPSA) is 57.5 Å². The smallest absolute Gasteiger partial charge is 0.306 e. The van der Waals surface area contributed by atoms with Gasteiger partial charge >= 0.3 is 5.97 Å². The molecule has 0 aliphatic carbocycles. The van der Waals surface area contributed by atoms with Crippen LogP contribution in [0, 0.1) is 25.6 Å². The Balaban J connectivity index is 3.11. The zero-order valence-electron chi connectivity index (χ0n) is 9.54. The second-order valence-corrected chi connectivity index (χ2v) is 4.08. The third-order valence-electron chi connectivity index (χ3n) is 2.73. The first-order chi connectivity index (χ1) is 7.34. The van der Waals surface area contributed by atoms with E-state index in [1.54, 1.807) is 26.8 Å². The number of rotatable bonds is 3. The van der Waals surface area contributed by atoms with Gasteiger partial charge in [-0.15, -0.1) is 0 Å². The molecule has 1 aromatic carbocycles. The van der Waals surface area contributed by atoms with E-state index in [4.69, 9.17) is 5.11 Å². The van der Waals surface area contributed by atoms with Gasteiger partial charge < -0.3 is 10.2 Å². The number of phenols is 1. The zero-order chi connectivity index (χ0) is 12.5. The highest BCUT2D eigenvalue weighted by Gasteiger charge is 2.17. The number of aryl methyl sites for hydroxylation is 1. The van der Waals surface area contributed by atoms with Crippen molar-refractivity contribution in [3.8, 4) is 5.75 Å². The normalized spacial score (nSPS) is 12.5. The van der Waals surface area contributed by atoms with E-state index in [0.717, 1.165) is 0 Å². The second kappa shape index (κ2) is 4.51. The molecule has 1 rings (SSSR count). The van der Waals surface area contributed by atoms with Gasteiger partial charge in [0.1, 0.15) is 0 Å². The summed E-state index contributed by atoms with van der Waals surface area (Å²) in [6.07, 6.45) is 0.288. The lowest BCUT2D eigenvalue weighted by molar-refractivity contribution is -0.141. The van der Waals surface area contributed by atoms with Gasteiger partial charge in [-0.25, -0.2) is 4.39 Å². The third kappa shape index (κ3) is 2.32. The Morgan fingerprint density at radius 3 is 2.56 bits per heavy atom. The van der Waals surface area contributed by atoms with Crippen molar-refractivity contribution in [3.63, 3.8) is 0 Å². The molecule has 1 unspecified atom stereocenters. The molecule has 1 atom stereocenters. The van der Waals surface area contributed by atoms with Crippen LogP contribution in [-0.4, -0.2) is 16.2 Å². The van der Waals surface area contributed by atoms with E-state index >= 15 is 0 Å². The molecule has 16 heavy (non-hydrogen) atoms. The number of carbonyl (C=O) groups is 1. The molecule has 0 radical (unpaired) electrons. The SMILES string of the molecule is Cc1cc(CC(C)C(=O)O)c(C)c(O)c1F. The molecule has 3 nitrogen and oxygen atoms in total. The van der Waals surface area contributed by atoms with Crippen LogP contribution in [0.1, 0.15) is 23.6 Å². The van der Waals surface area contributed by atoms with E-state index in [9.17, 15) is 14.3 Å². The number of hydrogen-bond acceptors (Lipinski definition) is 2. The summed E-state index contributed by atoms with van der Waals surface area (Å²) in [4.78, 5) is 10.7. The Morgan fingerprint density at radius 2 is 2.06 bits per heavy atom. The van der Waals surface area contributed by atoms with Crippen LogP contribution >= 0.6 is 0 Å². The van der Waals surface area contributed by atoms with E-state index in [0.29, 0.717) is 16.7 Å².